The summed E-state index contributed by atoms with van der Waals surface area (Å²) in [7, 11) is 1.65. The van der Waals surface area contributed by atoms with Crippen LogP contribution in [0, 0.1) is 6.92 Å². The van der Waals surface area contributed by atoms with Gasteiger partial charge in [0, 0.05) is 35.1 Å². The lowest BCUT2D eigenvalue weighted by molar-refractivity contribution is -0.140. The molecule has 0 atom stereocenters. The average Bonchev–Trinajstić information content (AvgIpc) is 3.11. The molecule has 2 aromatic heterocycles. The Morgan fingerprint density at radius 2 is 2.04 bits per heavy atom. The van der Waals surface area contributed by atoms with Crippen LogP contribution < -0.4 is 10.6 Å². The minimum atomic E-state index is -4.38. The largest absolute Gasteiger partial charge is 0.434 e. The first-order valence-electron chi connectivity index (χ1n) is 6.90. The van der Waals surface area contributed by atoms with Gasteiger partial charge in [-0.05, 0) is 19.1 Å². The van der Waals surface area contributed by atoms with E-state index in [-0.39, 0.29) is 24.0 Å². The number of thiazole rings is 1. The Hall–Kier alpha value is -0.880. The van der Waals surface area contributed by atoms with Crippen LogP contribution in [0.25, 0.3) is 0 Å². The Morgan fingerprint density at radius 1 is 1.29 bits per heavy atom. The molecule has 0 aliphatic rings. The van der Waals surface area contributed by atoms with E-state index < -0.39 is 11.9 Å². The van der Waals surface area contributed by atoms with Crippen molar-refractivity contribution >= 4 is 52.6 Å². The minimum absolute atomic E-state index is 0. The molecule has 2 heterocycles. The molecule has 0 unspecified atom stereocenters. The molecule has 0 spiro atoms. The van der Waals surface area contributed by atoms with E-state index in [0.717, 1.165) is 16.7 Å². The molecule has 0 aliphatic heterocycles. The van der Waals surface area contributed by atoms with Gasteiger partial charge in [-0.3, -0.25) is 4.99 Å². The van der Waals surface area contributed by atoms with Crippen molar-refractivity contribution < 1.29 is 13.2 Å². The molecular formula is C14H18F3IN4S2. The maximum Gasteiger partial charge on any atom is 0.434 e. The van der Waals surface area contributed by atoms with Crippen LogP contribution in [-0.2, 0) is 19.1 Å². The van der Waals surface area contributed by atoms with Crippen molar-refractivity contribution in [3.63, 3.8) is 0 Å². The van der Waals surface area contributed by atoms with Crippen LogP contribution in [0.15, 0.2) is 22.5 Å². The van der Waals surface area contributed by atoms with E-state index in [2.05, 4.69) is 32.7 Å². The number of aryl methyl sites for hydroxylation is 1. The summed E-state index contributed by atoms with van der Waals surface area (Å²) >= 11 is 2.72. The Morgan fingerprint density at radius 3 is 2.58 bits per heavy atom. The molecular weight excluding hydrogens is 472 g/mol. The van der Waals surface area contributed by atoms with Crippen molar-refractivity contribution in [1.29, 1.82) is 0 Å². The highest BCUT2D eigenvalue weighted by atomic mass is 127. The van der Waals surface area contributed by atoms with Crippen molar-refractivity contribution in [1.82, 2.24) is 15.6 Å². The number of rotatable bonds is 5. The zero-order valence-corrected chi connectivity index (χ0v) is 17.1. The molecule has 10 heteroatoms. The zero-order valence-electron chi connectivity index (χ0n) is 13.1. The first-order chi connectivity index (χ1) is 10.9. The molecule has 0 fully saturated rings. The third-order valence-corrected chi connectivity index (χ3v) is 4.83. The van der Waals surface area contributed by atoms with E-state index in [9.17, 15) is 13.2 Å². The Kier molecular flexibility index (Phi) is 8.43. The van der Waals surface area contributed by atoms with Gasteiger partial charge in [0.05, 0.1) is 11.6 Å². The number of hydrogen-bond donors (Lipinski definition) is 2. The minimum Gasteiger partial charge on any atom is -0.356 e. The van der Waals surface area contributed by atoms with Crippen LogP contribution in [0.5, 0.6) is 0 Å². The highest BCUT2D eigenvalue weighted by Crippen LogP contribution is 2.29. The number of thiophene rings is 1. The van der Waals surface area contributed by atoms with E-state index >= 15 is 0 Å². The number of aromatic nitrogens is 1. The normalized spacial score (nSPS) is 12.0. The molecule has 0 aliphatic carbocycles. The van der Waals surface area contributed by atoms with E-state index in [1.165, 1.54) is 9.75 Å². The topological polar surface area (TPSA) is 49.3 Å². The van der Waals surface area contributed by atoms with Gasteiger partial charge in [-0.1, -0.05) is 0 Å². The van der Waals surface area contributed by atoms with Crippen molar-refractivity contribution in [2.24, 2.45) is 4.99 Å². The lowest BCUT2D eigenvalue weighted by Crippen LogP contribution is -2.37. The fourth-order valence-electron chi connectivity index (χ4n) is 1.82. The van der Waals surface area contributed by atoms with Gasteiger partial charge in [-0.2, -0.15) is 13.2 Å². The van der Waals surface area contributed by atoms with E-state index in [1.54, 1.807) is 18.4 Å². The molecule has 2 aromatic rings. The second-order valence-corrected chi connectivity index (χ2v) is 7.05. The number of guanidine groups is 1. The van der Waals surface area contributed by atoms with Crippen LogP contribution >= 0.6 is 46.7 Å². The van der Waals surface area contributed by atoms with Crippen LogP contribution in [-0.4, -0.2) is 24.5 Å². The average molecular weight is 490 g/mol. The van der Waals surface area contributed by atoms with Gasteiger partial charge >= 0.3 is 6.18 Å². The number of halogens is 4. The summed E-state index contributed by atoms with van der Waals surface area (Å²) < 4.78 is 37.4. The lowest BCUT2D eigenvalue weighted by Gasteiger charge is -2.10. The summed E-state index contributed by atoms with van der Waals surface area (Å²) in [5.74, 6) is 0.614. The number of nitrogens with one attached hydrogen (secondary N) is 2. The fraction of sp³-hybridized carbons (Fsp3) is 0.429. The third kappa shape index (κ3) is 6.55. The maximum atomic E-state index is 12.5. The summed E-state index contributed by atoms with van der Waals surface area (Å²) in [6.07, 6.45) is -3.96. The second-order valence-electron chi connectivity index (χ2n) is 4.74. The SMILES string of the molecule is CN=C(NCCc1nc(C(F)(F)F)cs1)NCc1ccc(C)s1.I. The number of hydrogen-bond acceptors (Lipinski definition) is 4. The molecule has 0 saturated heterocycles. The summed E-state index contributed by atoms with van der Waals surface area (Å²) in [6.45, 7) is 3.17. The maximum absolute atomic E-state index is 12.5. The summed E-state index contributed by atoms with van der Waals surface area (Å²) in [5.41, 5.74) is -0.826. The molecule has 0 saturated carbocycles. The van der Waals surface area contributed by atoms with Crippen LogP contribution in [0.3, 0.4) is 0 Å². The van der Waals surface area contributed by atoms with Crippen molar-refractivity contribution in [3.05, 3.63) is 38.0 Å². The molecule has 2 rings (SSSR count). The molecule has 2 N–H and O–H groups in total. The molecule has 0 amide bonds. The smallest absolute Gasteiger partial charge is 0.356 e. The van der Waals surface area contributed by atoms with Gasteiger partial charge in [0.25, 0.3) is 0 Å². The van der Waals surface area contributed by atoms with Crippen LogP contribution in [0.1, 0.15) is 20.5 Å². The van der Waals surface area contributed by atoms with Gasteiger partial charge < -0.3 is 10.6 Å². The predicted molar refractivity (Wildman–Crippen MR) is 103 cm³/mol. The van der Waals surface area contributed by atoms with Gasteiger partial charge in [0.15, 0.2) is 11.7 Å². The quantitative estimate of drug-likeness (QED) is 0.378. The highest BCUT2D eigenvalue weighted by molar-refractivity contribution is 14.0. The van der Waals surface area contributed by atoms with E-state index in [0.29, 0.717) is 30.5 Å². The molecule has 0 radical (unpaired) electrons. The standard InChI is InChI=1S/C14H17F3N4S2.HI/c1-9-3-4-10(23-9)7-20-13(18-2)19-6-5-12-21-11(8-22-12)14(15,16)17;/h3-4,8H,5-7H2,1-2H3,(H2,18,19,20);1H. The Labute approximate surface area is 163 Å². The van der Waals surface area contributed by atoms with Crippen molar-refractivity contribution in [2.75, 3.05) is 13.6 Å². The van der Waals surface area contributed by atoms with Gasteiger partial charge in [-0.25, -0.2) is 4.98 Å². The number of aliphatic imine (C=N–C) groups is 1. The monoisotopic (exact) mass is 490 g/mol. The summed E-state index contributed by atoms with van der Waals surface area (Å²) in [6, 6.07) is 4.10. The zero-order chi connectivity index (χ0) is 16.9. The van der Waals surface area contributed by atoms with Crippen molar-refractivity contribution in [3.8, 4) is 0 Å². The Balaban J connectivity index is 0.00000288. The van der Waals surface area contributed by atoms with Crippen LogP contribution in [0.4, 0.5) is 13.2 Å². The summed E-state index contributed by atoms with van der Waals surface area (Å²) in [4.78, 5) is 10.1. The second kappa shape index (κ2) is 9.56. The van der Waals surface area contributed by atoms with Crippen LogP contribution in [0.2, 0.25) is 0 Å². The highest BCUT2D eigenvalue weighted by Gasteiger charge is 2.33. The van der Waals surface area contributed by atoms with Crippen molar-refractivity contribution in [2.45, 2.75) is 26.1 Å². The first kappa shape index (κ1) is 21.2. The molecule has 0 bridgehead atoms. The number of nitrogens with zero attached hydrogens (tertiary/aromatic N) is 2. The van der Waals surface area contributed by atoms with Gasteiger partial charge in [0.1, 0.15) is 0 Å². The van der Waals surface area contributed by atoms with Gasteiger partial charge in [0.2, 0.25) is 0 Å². The lowest BCUT2D eigenvalue weighted by atomic mass is 10.4. The predicted octanol–water partition coefficient (Wildman–Crippen LogP) is 4.06. The number of alkyl halides is 3. The van der Waals surface area contributed by atoms with E-state index in [4.69, 9.17) is 0 Å². The fourth-order valence-corrected chi connectivity index (χ4v) is 3.45. The molecule has 24 heavy (non-hydrogen) atoms. The molecule has 134 valence electrons. The molecule has 0 aromatic carbocycles. The first-order valence-corrected chi connectivity index (χ1v) is 8.59. The van der Waals surface area contributed by atoms with Gasteiger partial charge in [-0.15, -0.1) is 46.7 Å². The third-order valence-electron chi connectivity index (χ3n) is 2.92. The summed E-state index contributed by atoms with van der Waals surface area (Å²) in [5, 5.41) is 7.74. The molecule has 4 nitrogen and oxygen atoms in total. The Bertz CT molecular complexity index is 667. The van der Waals surface area contributed by atoms with E-state index in [1.807, 2.05) is 6.92 Å².